The monoisotopic (exact) mass is 291 g/mol. The fourth-order valence-corrected chi connectivity index (χ4v) is 3.09. The lowest BCUT2D eigenvalue weighted by molar-refractivity contribution is -0.144. The highest BCUT2D eigenvalue weighted by atomic mass is 16.5. The third-order valence-corrected chi connectivity index (χ3v) is 4.79. The van der Waals surface area contributed by atoms with Crippen molar-refractivity contribution in [3.05, 3.63) is 29.3 Å². The molecule has 1 aromatic carbocycles. The molecule has 5 nitrogen and oxygen atoms in total. The van der Waals surface area contributed by atoms with E-state index in [1.54, 1.807) is 0 Å². The van der Waals surface area contributed by atoms with Gasteiger partial charge in [-0.1, -0.05) is 12.1 Å². The van der Waals surface area contributed by atoms with Gasteiger partial charge in [0.1, 0.15) is 18.5 Å². The lowest BCUT2D eigenvalue weighted by Gasteiger charge is -2.34. The van der Waals surface area contributed by atoms with E-state index in [0.29, 0.717) is 25.2 Å². The number of hydrogen-bond donors (Lipinski definition) is 3. The zero-order valence-electron chi connectivity index (χ0n) is 12.3. The molecule has 0 amide bonds. The molecule has 1 aliphatic heterocycles. The van der Waals surface area contributed by atoms with E-state index in [1.807, 2.05) is 32.0 Å². The van der Waals surface area contributed by atoms with Gasteiger partial charge in [0.15, 0.2) is 0 Å². The minimum absolute atomic E-state index is 0.190. The summed E-state index contributed by atoms with van der Waals surface area (Å²) >= 11 is 0. The average molecular weight is 291 g/mol. The Morgan fingerprint density at radius 1 is 1.48 bits per heavy atom. The third kappa shape index (κ3) is 2.40. The fourth-order valence-electron chi connectivity index (χ4n) is 3.09. The quantitative estimate of drug-likeness (QED) is 0.786. The van der Waals surface area contributed by atoms with E-state index in [9.17, 15) is 15.0 Å². The largest absolute Gasteiger partial charge is 0.491 e. The number of hydrogen-bond acceptors (Lipinski definition) is 4. The first kappa shape index (κ1) is 14.4. The Morgan fingerprint density at radius 2 is 2.19 bits per heavy atom. The lowest BCUT2D eigenvalue weighted by atomic mass is 9.93. The average Bonchev–Trinajstić information content (AvgIpc) is 3.23. The SMILES string of the molecule is Cc1ccc2c(c1)OC[C@@H](NC(C)C1(C(=O)O)CC1)[C@H]2O. The van der Waals surface area contributed by atoms with Crippen LogP contribution in [0, 0.1) is 12.3 Å². The molecule has 1 fully saturated rings. The molecule has 5 heteroatoms. The van der Waals surface area contributed by atoms with Gasteiger partial charge in [-0.05, 0) is 38.3 Å². The van der Waals surface area contributed by atoms with Gasteiger partial charge in [0.2, 0.25) is 0 Å². The smallest absolute Gasteiger partial charge is 0.311 e. The van der Waals surface area contributed by atoms with Gasteiger partial charge in [-0.25, -0.2) is 0 Å². The second-order valence-electron chi connectivity index (χ2n) is 6.25. The normalized spacial score (nSPS) is 27.4. The highest BCUT2D eigenvalue weighted by Gasteiger charge is 2.55. The van der Waals surface area contributed by atoms with Crippen molar-refractivity contribution in [2.24, 2.45) is 5.41 Å². The molecule has 0 aromatic heterocycles. The third-order valence-electron chi connectivity index (χ3n) is 4.79. The number of carboxylic acid groups (broad SMARTS) is 1. The number of aryl methyl sites for hydroxylation is 1. The Morgan fingerprint density at radius 3 is 2.81 bits per heavy atom. The van der Waals surface area contributed by atoms with Crippen molar-refractivity contribution in [3.63, 3.8) is 0 Å². The Hall–Kier alpha value is -1.59. The van der Waals surface area contributed by atoms with Crippen molar-refractivity contribution in [2.75, 3.05) is 6.61 Å². The van der Waals surface area contributed by atoms with Gasteiger partial charge >= 0.3 is 5.97 Å². The number of nitrogens with one attached hydrogen (secondary N) is 1. The maximum atomic E-state index is 11.4. The van der Waals surface area contributed by atoms with Crippen molar-refractivity contribution in [2.45, 2.75) is 44.9 Å². The molecule has 1 heterocycles. The fraction of sp³-hybridized carbons (Fsp3) is 0.562. The molecule has 0 spiro atoms. The Labute approximate surface area is 123 Å². The number of ether oxygens (including phenoxy) is 1. The van der Waals surface area contributed by atoms with Gasteiger partial charge in [0, 0.05) is 11.6 Å². The Bertz CT molecular complexity index is 567. The number of benzene rings is 1. The maximum absolute atomic E-state index is 11.4. The molecule has 114 valence electrons. The molecule has 0 bridgehead atoms. The van der Waals surface area contributed by atoms with Crippen LogP contribution in [0.5, 0.6) is 5.75 Å². The predicted molar refractivity (Wildman–Crippen MR) is 77.3 cm³/mol. The van der Waals surface area contributed by atoms with Crippen molar-refractivity contribution < 1.29 is 19.7 Å². The van der Waals surface area contributed by atoms with E-state index < -0.39 is 17.5 Å². The maximum Gasteiger partial charge on any atom is 0.311 e. The van der Waals surface area contributed by atoms with Crippen LogP contribution in [0.1, 0.15) is 37.0 Å². The molecule has 1 unspecified atom stereocenters. The summed E-state index contributed by atoms with van der Waals surface area (Å²) in [5, 5.41) is 23.1. The van der Waals surface area contributed by atoms with E-state index in [1.165, 1.54) is 0 Å². The highest BCUT2D eigenvalue weighted by molar-refractivity contribution is 5.78. The minimum Gasteiger partial charge on any atom is -0.491 e. The molecule has 1 aliphatic carbocycles. The first-order valence-corrected chi connectivity index (χ1v) is 7.35. The molecule has 3 rings (SSSR count). The van der Waals surface area contributed by atoms with E-state index in [0.717, 1.165) is 11.1 Å². The molecular weight excluding hydrogens is 270 g/mol. The molecule has 3 N–H and O–H groups in total. The van der Waals surface area contributed by atoms with Crippen LogP contribution in [0.25, 0.3) is 0 Å². The zero-order valence-corrected chi connectivity index (χ0v) is 12.3. The number of carboxylic acids is 1. The Balaban J connectivity index is 1.74. The second kappa shape index (κ2) is 5.00. The van der Waals surface area contributed by atoms with Gasteiger partial charge in [-0.15, -0.1) is 0 Å². The lowest BCUT2D eigenvalue weighted by Crippen LogP contribution is -2.51. The molecule has 0 saturated heterocycles. The number of rotatable bonds is 4. The topological polar surface area (TPSA) is 78.8 Å². The predicted octanol–water partition coefficient (Wildman–Crippen LogP) is 1.63. The molecule has 3 atom stereocenters. The van der Waals surface area contributed by atoms with E-state index in [4.69, 9.17) is 4.74 Å². The number of aliphatic hydroxyl groups excluding tert-OH is 1. The number of aliphatic carboxylic acids is 1. The van der Waals surface area contributed by atoms with E-state index in [2.05, 4.69) is 5.32 Å². The second-order valence-corrected chi connectivity index (χ2v) is 6.25. The summed E-state index contributed by atoms with van der Waals surface area (Å²) in [5.41, 5.74) is 1.17. The van der Waals surface area contributed by atoms with Gasteiger partial charge in [-0.3, -0.25) is 4.79 Å². The molecular formula is C16H21NO4. The zero-order chi connectivity index (χ0) is 15.2. The first-order chi connectivity index (χ1) is 9.94. The standard InChI is InChI=1S/C16H21NO4/c1-9-3-4-11-13(7-9)21-8-12(14(11)18)17-10(2)16(5-6-16)15(19)20/h3-4,7,10,12,14,17-18H,5-6,8H2,1-2H3,(H,19,20)/t10?,12-,14+/m1/s1. The summed E-state index contributed by atoms with van der Waals surface area (Å²) in [4.78, 5) is 11.4. The summed E-state index contributed by atoms with van der Waals surface area (Å²) in [6.07, 6.45) is 0.702. The summed E-state index contributed by atoms with van der Waals surface area (Å²) in [5.74, 6) is -0.0442. The minimum atomic E-state index is -0.759. The molecule has 1 aromatic rings. The van der Waals surface area contributed by atoms with Crippen LogP contribution in [0.15, 0.2) is 18.2 Å². The van der Waals surface area contributed by atoms with Crippen LogP contribution in [0.2, 0.25) is 0 Å². The first-order valence-electron chi connectivity index (χ1n) is 7.35. The summed E-state index contributed by atoms with van der Waals surface area (Å²) in [7, 11) is 0. The highest BCUT2D eigenvalue weighted by Crippen LogP contribution is 2.49. The van der Waals surface area contributed by atoms with Crippen molar-refractivity contribution in [1.29, 1.82) is 0 Å². The van der Waals surface area contributed by atoms with Crippen LogP contribution >= 0.6 is 0 Å². The van der Waals surface area contributed by atoms with Crippen LogP contribution in [0.3, 0.4) is 0 Å². The number of carbonyl (C=O) groups is 1. The van der Waals surface area contributed by atoms with Gasteiger partial charge in [-0.2, -0.15) is 0 Å². The van der Waals surface area contributed by atoms with Gasteiger partial charge in [0.25, 0.3) is 0 Å². The van der Waals surface area contributed by atoms with Crippen LogP contribution in [-0.4, -0.2) is 34.9 Å². The molecule has 21 heavy (non-hydrogen) atoms. The van der Waals surface area contributed by atoms with E-state index in [-0.39, 0.29) is 12.1 Å². The van der Waals surface area contributed by atoms with Gasteiger partial charge < -0.3 is 20.3 Å². The van der Waals surface area contributed by atoms with Crippen LogP contribution in [-0.2, 0) is 4.79 Å². The molecule has 0 radical (unpaired) electrons. The van der Waals surface area contributed by atoms with Crippen molar-refractivity contribution in [1.82, 2.24) is 5.32 Å². The molecule has 2 aliphatic rings. The van der Waals surface area contributed by atoms with Crippen molar-refractivity contribution in [3.8, 4) is 5.75 Å². The summed E-state index contributed by atoms with van der Waals surface area (Å²) in [6.45, 7) is 4.20. The summed E-state index contributed by atoms with van der Waals surface area (Å²) in [6, 6.07) is 5.25. The number of aliphatic hydroxyl groups is 1. The van der Waals surface area contributed by atoms with Crippen LogP contribution < -0.4 is 10.1 Å². The molecule has 1 saturated carbocycles. The Kier molecular flexibility index (Phi) is 3.42. The van der Waals surface area contributed by atoms with Crippen molar-refractivity contribution >= 4 is 5.97 Å². The number of fused-ring (bicyclic) bond motifs is 1. The summed E-state index contributed by atoms with van der Waals surface area (Å²) < 4.78 is 5.71. The van der Waals surface area contributed by atoms with Gasteiger partial charge in [0.05, 0.1) is 11.5 Å². The van der Waals surface area contributed by atoms with Crippen LogP contribution in [0.4, 0.5) is 0 Å². The van der Waals surface area contributed by atoms with E-state index >= 15 is 0 Å².